The first-order valence-electron chi connectivity index (χ1n) is 5.66. The zero-order valence-corrected chi connectivity index (χ0v) is 13.5. The minimum Gasteiger partial charge on any atom is -0.398 e. The Balaban J connectivity index is 2.19. The van der Waals surface area contributed by atoms with E-state index < -0.39 is 10.0 Å². The van der Waals surface area contributed by atoms with Crippen molar-refractivity contribution in [2.24, 2.45) is 0 Å². The number of nitrogens with one attached hydrogen (secondary N) is 1. The van der Waals surface area contributed by atoms with Crippen molar-refractivity contribution in [1.29, 1.82) is 0 Å². The fourth-order valence-electron chi connectivity index (χ4n) is 1.65. The van der Waals surface area contributed by atoms with Gasteiger partial charge in [0.2, 0.25) is 10.0 Å². The minimum absolute atomic E-state index is 0.181. The van der Waals surface area contributed by atoms with Crippen LogP contribution >= 0.6 is 27.5 Å². The quantitative estimate of drug-likeness (QED) is 0.802. The topological polar surface area (TPSA) is 72.2 Å². The highest BCUT2D eigenvalue weighted by molar-refractivity contribution is 9.10. The molecule has 0 saturated heterocycles. The third kappa shape index (κ3) is 3.88. The van der Waals surface area contributed by atoms with Gasteiger partial charge in [0.25, 0.3) is 0 Å². The van der Waals surface area contributed by atoms with Crippen molar-refractivity contribution in [3.63, 3.8) is 0 Å². The molecule has 0 aliphatic heterocycles. The number of halogens is 2. The first-order valence-corrected chi connectivity index (χ1v) is 8.48. The summed E-state index contributed by atoms with van der Waals surface area (Å²) in [4.78, 5) is 0. The molecule has 2 aromatic carbocycles. The van der Waals surface area contributed by atoms with E-state index in [1.54, 1.807) is 42.5 Å². The van der Waals surface area contributed by atoms with Crippen LogP contribution in [0.3, 0.4) is 0 Å². The van der Waals surface area contributed by atoms with Crippen LogP contribution in [0, 0.1) is 0 Å². The molecule has 0 aromatic heterocycles. The molecule has 3 N–H and O–H groups in total. The number of hydrogen-bond acceptors (Lipinski definition) is 3. The molecule has 0 saturated carbocycles. The second-order valence-corrected chi connectivity index (χ2v) is 7.17. The summed E-state index contributed by atoms with van der Waals surface area (Å²) in [6, 6.07) is 11.7. The van der Waals surface area contributed by atoms with Crippen LogP contribution in [0.25, 0.3) is 0 Å². The lowest BCUT2D eigenvalue weighted by Gasteiger charge is -2.10. The summed E-state index contributed by atoms with van der Waals surface area (Å²) in [5.41, 5.74) is 7.21. The van der Waals surface area contributed by atoms with Crippen LogP contribution in [0.5, 0.6) is 0 Å². The van der Waals surface area contributed by atoms with Crippen LogP contribution in [0.2, 0.25) is 5.02 Å². The van der Waals surface area contributed by atoms with Gasteiger partial charge in [-0.15, -0.1) is 0 Å². The fourth-order valence-corrected chi connectivity index (χ4v) is 3.37. The van der Waals surface area contributed by atoms with Gasteiger partial charge in [-0.2, -0.15) is 0 Å². The first kappa shape index (κ1) is 15.2. The fraction of sp³-hybridized carbons (Fsp3) is 0.0769. The van der Waals surface area contributed by atoms with Crippen molar-refractivity contribution in [2.75, 3.05) is 10.5 Å². The molecule has 0 unspecified atom stereocenters. The zero-order valence-electron chi connectivity index (χ0n) is 10.3. The van der Waals surface area contributed by atoms with Crippen LogP contribution in [-0.4, -0.2) is 8.42 Å². The summed E-state index contributed by atoms with van der Waals surface area (Å²) in [6.45, 7) is 0. The zero-order chi connectivity index (χ0) is 14.8. The molecule has 20 heavy (non-hydrogen) atoms. The van der Waals surface area contributed by atoms with E-state index in [9.17, 15) is 8.42 Å². The third-order valence-electron chi connectivity index (χ3n) is 2.59. The normalized spacial score (nSPS) is 11.3. The summed E-state index contributed by atoms with van der Waals surface area (Å²) in [6.07, 6.45) is 0. The van der Waals surface area contributed by atoms with Gasteiger partial charge < -0.3 is 5.73 Å². The molecule has 106 valence electrons. The molecular weight excluding hydrogens is 364 g/mol. The van der Waals surface area contributed by atoms with Gasteiger partial charge in [0, 0.05) is 15.8 Å². The number of rotatable bonds is 4. The Kier molecular flexibility index (Phi) is 4.57. The molecule has 0 amide bonds. The summed E-state index contributed by atoms with van der Waals surface area (Å²) < 4.78 is 27.3. The lowest BCUT2D eigenvalue weighted by atomic mass is 10.2. The SMILES string of the molecule is Nc1ccccc1CS(=O)(=O)Nc1ccc(Cl)c(Br)c1. The van der Waals surface area contributed by atoms with Crippen molar-refractivity contribution in [1.82, 2.24) is 0 Å². The van der Waals surface area contributed by atoms with E-state index in [0.29, 0.717) is 26.4 Å². The van der Waals surface area contributed by atoms with E-state index in [-0.39, 0.29) is 5.75 Å². The van der Waals surface area contributed by atoms with Crippen molar-refractivity contribution >= 4 is 48.9 Å². The lowest BCUT2D eigenvalue weighted by Crippen LogP contribution is -2.15. The van der Waals surface area contributed by atoms with E-state index in [1.807, 2.05) is 0 Å². The molecular formula is C13H12BrClN2O2S. The van der Waals surface area contributed by atoms with Crippen LogP contribution in [0.4, 0.5) is 11.4 Å². The Morgan fingerprint density at radius 1 is 1.20 bits per heavy atom. The molecule has 2 aromatic rings. The van der Waals surface area contributed by atoms with Crippen molar-refractivity contribution in [3.05, 3.63) is 57.5 Å². The van der Waals surface area contributed by atoms with Gasteiger partial charge in [-0.3, -0.25) is 4.72 Å². The van der Waals surface area contributed by atoms with Gasteiger partial charge in [-0.25, -0.2) is 8.42 Å². The maximum Gasteiger partial charge on any atom is 0.236 e. The molecule has 4 nitrogen and oxygen atoms in total. The second kappa shape index (κ2) is 6.03. The molecule has 0 bridgehead atoms. The average molecular weight is 376 g/mol. The molecule has 0 fully saturated rings. The Morgan fingerprint density at radius 2 is 1.90 bits per heavy atom. The monoisotopic (exact) mass is 374 g/mol. The van der Waals surface area contributed by atoms with Crippen LogP contribution < -0.4 is 10.5 Å². The molecule has 0 spiro atoms. The number of para-hydroxylation sites is 1. The third-order valence-corrected chi connectivity index (χ3v) is 5.05. The van der Waals surface area contributed by atoms with Gasteiger partial charge >= 0.3 is 0 Å². The highest BCUT2D eigenvalue weighted by Crippen LogP contribution is 2.26. The maximum absolute atomic E-state index is 12.1. The summed E-state index contributed by atoms with van der Waals surface area (Å²) in [5, 5.41) is 0.514. The Hall–Kier alpha value is -1.24. The average Bonchev–Trinajstić information content (AvgIpc) is 2.36. The van der Waals surface area contributed by atoms with Crippen LogP contribution in [0.1, 0.15) is 5.56 Å². The van der Waals surface area contributed by atoms with Gasteiger partial charge in [0.1, 0.15) is 0 Å². The molecule has 2 rings (SSSR count). The molecule has 0 aliphatic rings. The van der Waals surface area contributed by atoms with E-state index >= 15 is 0 Å². The molecule has 0 heterocycles. The molecule has 7 heteroatoms. The maximum atomic E-state index is 12.1. The number of anilines is 2. The van der Waals surface area contributed by atoms with E-state index in [1.165, 1.54) is 0 Å². The standard InChI is InChI=1S/C13H12BrClN2O2S/c14-11-7-10(5-6-12(11)15)17-20(18,19)8-9-3-1-2-4-13(9)16/h1-7,17H,8,16H2. The lowest BCUT2D eigenvalue weighted by molar-refractivity contribution is 0.600. The minimum atomic E-state index is -3.53. The summed E-state index contributed by atoms with van der Waals surface area (Å²) in [5.74, 6) is -0.181. The van der Waals surface area contributed by atoms with E-state index in [0.717, 1.165) is 0 Å². The Morgan fingerprint density at radius 3 is 2.55 bits per heavy atom. The number of nitrogen functional groups attached to an aromatic ring is 1. The highest BCUT2D eigenvalue weighted by Gasteiger charge is 2.14. The largest absolute Gasteiger partial charge is 0.398 e. The van der Waals surface area contributed by atoms with Gasteiger partial charge in [-0.05, 0) is 45.8 Å². The number of benzene rings is 2. The van der Waals surface area contributed by atoms with Crippen LogP contribution in [-0.2, 0) is 15.8 Å². The predicted octanol–water partition coefficient (Wildman–Crippen LogP) is 3.63. The van der Waals surface area contributed by atoms with Crippen molar-refractivity contribution in [3.8, 4) is 0 Å². The number of nitrogens with two attached hydrogens (primary N) is 1. The van der Waals surface area contributed by atoms with Gasteiger partial charge in [0.15, 0.2) is 0 Å². The molecule has 0 atom stereocenters. The van der Waals surface area contributed by atoms with E-state index in [4.69, 9.17) is 17.3 Å². The van der Waals surface area contributed by atoms with Crippen molar-refractivity contribution < 1.29 is 8.42 Å². The summed E-state index contributed by atoms with van der Waals surface area (Å²) in [7, 11) is -3.53. The Labute approximate surface area is 131 Å². The predicted molar refractivity (Wildman–Crippen MR) is 86.3 cm³/mol. The first-order chi connectivity index (χ1) is 9.37. The number of hydrogen-bond donors (Lipinski definition) is 2. The molecule has 0 aliphatic carbocycles. The van der Waals surface area contributed by atoms with E-state index in [2.05, 4.69) is 20.7 Å². The smallest absolute Gasteiger partial charge is 0.236 e. The molecule has 0 radical (unpaired) electrons. The van der Waals surface area contributed by atoms with Gasteiger partial charge in [0.05, 0.1) is 10.8 Å². The second-order valence-electron chi connectivity index (χ2n) is 4.19. The van der Waals surface area contributed by atoms with Gasteiger partial charge in [-0.1, -0.05) is 29.8 Å². The van der Waals surface area contributed by atoms with Crippen molar-refractivity contribution in [2.45, 2.75) is 5.75 Å². The number of sulfonamides is 1. The highest BCUT2D eigenvalue weighted by atomic mass is 79.9. The summed E-state index contributed by atoms with van der Waals surface area (Å²) >= 11 is 9.11. The Bertz CT molecular complexity index is 735. The van der Waals surface area contributed by atoms with Crippen LogP contribution in [0.15, 0.2) is 46.9 Å².